The quantitative estimate of drug-likeness (QED) is 0.0483. The maximum absolute atomic E-state index is 12.4. The second kappa shape index (κ2) is 44.0. The molecule has 0 aliphatic heterocycles. The van der Waals surface area contributed by atoms with Gasteiger partial charge in [-0.2, -0.15) is 0 Å². The molecule has 0 aromatic rings. The minimum Gasteiger partial charge on any atom is -0.448 e. The van der Waals surface area contributed by atoms with Crippen molar-refractivity contribution in [1.82, 2.24) is 10.6 Å². The highest BCUT2D eigenvalue weighted by Crippen LogP contribution is 2.12. The number of carbonyl (C=O) groups excluding carboxylic acids is 1. The molecule has 6 heteroatoms. The van der Waals surface area contributed by atoms with Crippen LogP contribution in [0, 0.1) is 0 Å². The van der Waals surface area contributed by atoms with Gasteiger partial charge in [-0.3, -0.25) is 0 Å². The predicted octanol–water partition coefficient (Wildman–Crippen LogP) is 13.6. The Morgan fingerprint density at radius 3 is 1.38 bits per heavy atom. The summed E-state index contributed by atoms with van der Waals surface area (Å²) in [6.07, 6.45) is 46.4. The number of carbonyl (C=O) groups is 1. The maximum Gasteiger partial charge on any atom is 0.407 e. The van der Waals surface area contributed by atoms with Crippen LogP contribution in [0.4, 0.5) is 4.79 Å². The van der Waals surface area contributed by atoms with Crippen molar-refractivity contribution >= 4 is 6.09 Å². The van der Waals surface area contributed by atoms with E-state index in [1.807, 2.05) is 0 Å². The highest BCUT2D eigenvalue weighted by Gasteiger charge is 2.14. The van der Waals surface area contributed by atoms with Crippen LogP contribution < -0.4 is 10.6 Å². The Morgan fingerprint density at radius 2 is 0.942 bits per heavy atom. The Bertz CT molecular complexity index is 759. The van der Waals surface area contributed by atoms with Gasteiger partial charge in [-0.15, -0.1) is 0 Å². The average Bonchev–Trinajstić information content (AvgIpc) is 3.15. The van der Waals surface area contributed by atoms with Gasteiger partial charge in [0.15, 0.2) is 0 Å². The molecule has 2 N–H and O–H groups in total. The molecule has 0 rings (SSSR count). The van der Waals surface area contributed by atoms with Gasteiger partial charge in [0.05, 0.1) is 12.7 Å². The molecule has 0 radical (unpaired) electrons. The zero-order valence-corrected chi connectivity index (χ0v) is 35.3. The average molecular weight is 735 g/mol. The van der Waals surface area contributed by atoms with E-state index in [2.05, 4.69) is 62.6 Å². The van der Waals surface area contributed by atoms with E-state index in [1.165, 1.54) is 167 Å². The smallest absolute Gasteiger partial charge is 0.407 e. The van der Waals surface area contributed by atoms with E-state index in [9.17, 15) is 4.79 Å². The number of unbranched alkanes of at least 4 members (excludes halogenated alkanes) is 24. The SMILES string of the molecule is CCCCCCCC/C=C\CCCCCCCCOCC(CNC(=O)OCC(CC)NCC)OCCCCCCCC/C=C\CCCCCCCC. The lowest BCUT2D eigenvalue weighted by atomic mass is 10.1. The second-order valence-electron chi connectivity index (χ2n) is 15.1. The first-order valence-electron chi connectivity index (χ1n) is 22.8. The number of amides is 1. The van der Waals surface area contributed by atoms with Crippen LogP contribution in [0.25, 0.3) is 0 Å². The first-order valence-corrected chi connectivity index (χ1v) is 22.8. The molecule has 6 nitrogen and oxygen atoms in total. The van der Waals surface area contributed by atoms with Crippen molar-refractivity contribution in [3.63, 3.8) is 0 Å². The predicted molar refractivity (Wildman–Crippen MR) is 227 cm³/mol. The fourth-order valence-electron chi connectivity index (χ4n) is 6.47. The summed E-state index contributed by atoms with van der Waals surface area (Å²) in [6, 6.07) is 0.189. The lowest BCUT2D eigenvalue weighted by Crippen LogP contribution is -2.39. The van der Waals surface area contributed by atoms with Gasteiger partial charge >= 0.3 is 6.09 Å². The highest BCUT2D eigenvalue weighted by atomic mass is 16.6. The molecule has 0 saturated heterocycles. The van der Waals surface area contributed by atoms with Crippen LogP contribution in [-0.2, 0) is 14.2 Å². The molecule has 0 aliphatic carbocycles. The van der Waals surface area contributed by atoms with Crippen molar-refractivity contribution < 1.29 is 19.0 Å². The van der Waals surface area contributed by atoms with Crippen molar-refractivity contribution in [2.45, 2.75) is 226 Å². The van der Waals surface area contributed by atoms with Crippen LogP contribution >= 0.6 is 0 Å². The minimum atomic E-state index is -0.379. The van der Waals surface area contributed by atoms with E-state index in [0.717, 1.165) is 32.4 Å². The van der Waals surface area contributed by atoms with Gasteiger partial charge in [-0.25, -0.2) is 4.79 Å². The Kier molecular flexibility index (Phi) is 42.9. The third kappa shape index (κ3) is 39.8. The molecular weight excluding hydrogens is 645 g/mol. The molecule has 2 unspecified atom stereocenters. The van der Waals surface area contributed by atoms with E-state index in [0.29, 0.717) is 26.4 Å². The Hall–Kier alpha value is -1.37. The van der Waals surface area contributed by atoms with E-state index < -0.39 is 0 Å². The number of hydrogen-bond acceptors (Lipinski definition) is 5. The van der Waals surface area contributed by atoms with Crippen molar-refractivity contribution in [3.8, 4) is 0 Å². The first-order chi connectivity index (χ1) is 25.7. The molecule has 0 aliphatic rings. The van der Waals surface area contributed by atoms with E-state index >= 15 is 0 Å². The molecule has 0 bridgehead atoms. The summed E-state index contributed by atoms with van der Waals surface area (Å²) in [7, 11) is 0. The number of alkyl carbamates (subject to hydrolysis) is 1. The zero-order valence-electron chi connectivity index (χ0n) is 35.3. The monoisotopic (exact) mass is 735 g/mol. The van der Waals surface area contributed by atoms with Crippen LogP contribution in [0.15, 0.2) is 24.3 Å². The number of nitrogens with one attached hydrogen (secondary N) is 2. The van der Waals surface area contributed by atoms with Gasteiger partial charge in [0, 0.05) is 25.8 Å². The minimum absolute atomic E-state index is 0.152. The molecule has 0 aromatic carbocycles. The topological polar surface area (TPSA) is 68.8 Å². The van der Waals surface area contributed by atoms with Crippen LogP contribution in [0.2, 0.25) is 0 Å². The molecule has 1 amide bonds. The van der Waals surface area contributed by atoms with Gasteiger partial charge < -0.3 is 24.8 Å². The van der Waals surface area contributed by atoms with Crippen molar-refractivity contribution in [3.05, 3.63) is 24.3 Å². The first kappa shape index (κ1) is 50.6. The molecule has 0 spiro atoms. The number of likely N-dealkylation sites (N-methyl/N-ethyl adjacent to an activating group) is 1. The largest absolute Gasteiger partial charge is 0.448 e. The molecule has 0 aromatic heterocycles. The van der Waals surface area contributed by atoms with Gasteiger partial charge in [0.1, 0.15) is 6.61 Å². The molecule has 52 heavy (non-hydrogen) atoms. The number of allylic oxidation sites excluding steroid dienone is 4. The summed E-state index contributed by atoms with van der Waals surface area (Å²) in [5.41, 5.74) is 0. The number of rotatable bonds is 42. The fourth-order valence-corrected chi connectivity index (χ4v) is 6.47. The van der Waals surface area contributed by atoms with Crippen LogP contribution in [0.1, 0.15) is 214 Å². The summed E-state index contributed by atoms with van der Waals surface area (Å²) in [6.45, 7) is 12.4. The van der Waals surface area contributed by atoms with Gasteiger partial charge in [-0.1, -0.05) is 168 Å². The molecule has 0 fully saturated rings. The third-order valence-electron chi connectivity index (χ3n) is 9.99. The fraction of sp³-hybridized carbons (Fsp3) is 0.891. The molecule has 308 valence electrons. The maximum atomic E-state index is 12.4. The lowest BCUT2D eigenvalue weighted by Gasteiger charge is -2.20. The second-order valence-corrected chi connectivity index (χ2v) is 15.1. The van der Waals surface area contributed by atoms with Crippen molar-refractivity contribution in [2.75, 3.05) is 39.5 Å². The summed E-state index contributed by atoms with van der Waals surface area (Å²) < 4.78 is 17.7. The third-order valence-corrected chi connectivity index (χ3v) is 9.99. The van der Waals surface area contributed by atoms with Crippen molar-refractivity contribution in [2.24, 2.45) is 0 Å². The standard InChI is InChI=1S/C46H90N2O4/c1-5-9-11-13-15-17-19-21-23-25-27-29-31-33-35-37-39-50-43-45(41-48-46(49)52-42-44(7-3)47-8-4)51-40-38-36-34-32-30-28-26-24-22-20-18-16-14-12-10-6-2/h21-24,44-45,47H,5-20,25-43H2,1-4H3,(H,48,49)/b23-21-,24-22-. The highest BCUT2D eigenvalue weighted by molar-refractivity contribution is 5.67. The van der Waals surface area contributed by atoms with Gasteiger partial charge in [-0.05, 0) is 77.2 Å². The molecule has 0 saturated carbocycles. The van der Waals surface area contributed by atoms with Crippen molar-refractivity contribution in [1.29, 1.82) is 0 Å². The van der Waals surface area contributed by atoms with E-state index in [1.54, 1.807) is 0 Å². The lowest BCUT2D eigenvalue weighted by molar-refractivity contribution is -0.0176. The molecule has 2 atom stereocenters. The Labute approximate surface area is 324 Å². The van der Waals surface area contributed by atoms with Crippen LogP contribution in [0.3, 0.4) is 0 Å². The molecule has 0 heterocycles. The number of hydrogen-bond donors (Lipinski definition) is 2. The van der Waals surface area contributed by atoms with Crippen LogP contribution in [0.5, 0.6) is 0 Å². The Balaban J connectivity index is 4.07. The van der Waals surface area contributed by atoms with E-state index in [-0.39, 0.29) is 18.2 Å². The van der Waals surface area contributed by atoms with Crippen LogP contribution in [-0.4, -0.2) is 57.8 Å². The van der Waals surface area contributed by atoms with Gasteiger partial charge in [0.25, 0.3) is 0 Å². The molecular formula is C46H90N2O4. The van der Waals surface area contributed by atoms with E-state index in [4.69, 9.17) is 14.2 Å². The summed E-state index contributed by atoms with van der Waals surface area (Å²) >= 11 is 0. The normalized spacial score (nSPS) is 13.0. The number of ether oxygens (including phenoxy) is 3. The summed E-state index contributed by atoms with van der Waals surface area (Å²) in [5.74, 6) is 0. The zero-order chi connectivity index (χ0) is 37.8. The summed E-state index contributed by atoms with van der Waals surface area (Å²) in [5, 5.41) is 6.26. The van der Waals surface area contributed by atoms with Gasteiger partial charge in [0.2, 0.25) is 0 Å². The Morgan fingerprint density at radius 1 is 0.519 bits per heavy atom. The summed E-state index contributed by atoms with van der Waals surface area (Å²) in [4.78, 5) is 12.4.